The summed E-state index contributed by atoms with van der Waals surface area (Å²) in [6.07, 6.45) is 1.43. The summed E-state index contributed by atoms with van der Waals surface area (Å²) in [6, 6.07) is 0.131. The van der Waals surface area contributed by atoms with Crippen LogP contribution in [0.4, 0.5) is 4.79 Å². The number of aliphatic hydroxyl groups excluding tert-OH is 1. The molecule has 2 fully saturated rings. The first-order chi connectivity index (χ1) is 7.65. The van der Waals surface area contributed by atoms with Gasteiger partial charge in [-0.25, -0.2) is 0 Å². The topological polar surface area (TPSA) is 69.6 Å². The molecular weight excluding hydrogens is 228 g/mol. The van der Waals surface area contributed by atoms with E-state index >= 15 is 0 Å². The Bertz CT molecular complexity index is 292. The van der Waals surface area contributed by atoms with Crippen LogP contribution in [0.3, 0.4) is 0 Å². The summed E-state index contributed by atoms with van der Waals surface area (Å²) >= 11 is 1.31. The van der Waals surface area contributed by atoms with Gasteiger partial charge in [0.15, 0.2) is 0 Å². The molecule has 2 rings (SSSR count). The number of hydrogen-bond acceptors (Lipinski definition) is 4. The second kappa shape index (κ2) is 5.05. The number of amides is 2. The van der Waals surface area contributed by atoms with Gasteiger partial charge in [0.2, 0.25) is 5.91 Å². The fourth-order valence-electron chi connectivity index (χ4n) is 1.87. The first-order valence-corrected chi connectivity index (χ1v) is 6.53. The lowest BCUT2D eigenvalue weighted by molar-refractivity contribution is -0.123. The van der Waals surface area contributed by atoms with Crippen molar-refractivity contribution < 1.29 is 14.7 Å². The zero-order valence-electron chi connectivity index (χ0n) is 9.02. The van der Waals surface area contributed by atoms with Gasteiger partial charge in [-0.15, -0.1) is 0 Å². The molecular formula is C10H16N2O3S. The Balaban J connectivity index is 1.62. The molecule has 5 nitrogen and oxygen atoms in total. The first-order valence-electron chi connectivity index (χ1n) is 5.54. The third-order valence-electron chi connectivity index (χ3n) is 2.93. The van der Waals surface area contributed by atoms with Gasteiger partial charge in [0.25, 0.3) is 5.24 Å². The standard InChI is InChI=1S/C10H16N2O3S/c13-8-5-7(6-8)11-9(14)1-2-12-3-4-16-10(12)15/h7-8,13H,1-6H2,(H,11,14). The Morgan fingerprint density at radius 2 is 2.31 bits per heavy atom. The molecule has 1 saturated heterocycles. The number of hydrogen-bond donors (Lipinski definition) is 2. The van der Waals surface area contributed by atoms with E-state index in [2.05, 4.69) is 5.32 Å². The maximum Gasteiger partial charge on any atom is 0.281 e. The van der Waals surface area contributed by atoms with E-state index in [1.54, 1.807) is 4.90 Å². The summed E-state index contributed by atoms with van der Waals surface area (Å²) in [5.74, 6) is 0.802. The average Bonchev–Trinajstić information content (AvgIpc) is 2.59. The SMILES string of the molecule is O=C(CCN1CCSC1=O)NC1CC(O)C1. The molecule has 6 heteroatoms. The molecule has 0 radical (unpaired) electrons. The Hall–Kier alpha value is -0.750. The van der Waals surface area contributed by atoms with E-state index < -0.39 is 0 Å². The summed E-state index contributed by atoms with van der Waals surface area (Å²) in [7, 11) is 0. The molecule has 0 aromatic carbocycles. The molecule has 0 unspecified atom stereocenters. The van der Waals surface area contributed by atoms with Crippen molar-refractivity contribution in [3.63, 3.8) is 0 Å². The summed E-state index contributed by atoms with van der Waals surface area (Å²) < 4.78 is 0. The van der Waals surface area contributed by atoms with Crippen LogP contribution in [0.5, 0.6) is 0 Å². The third kappa shape index (κ3) is 2.89. The minimum absolute atomic E-state index is 0.0263. The highest BCUT2D eigenvalue weighted by molar-refractivity contribution is 8.13. The molecule has 0 bridgehead atoms. The molecule has 1 heterocycles. The van der Waals surface area contributed by atoms with E-state index in [0.717, 1.165) is 12.3 Å². The molecule has 0 atom stereocenters. The van der Waals surface area contributed by atoms with Gasteiger partial charge >= 0.3 is 0 Å². The van der Waals surface area contributed by atoms with Gasteiger partial charge < -0.3 is 15.3 Å². The van der Waals surface area contributed by atoms with E-state index in [1.807, 2.05) is 0 Å². The fourth-order valence-corrected chi connectivity index (χ4v) is 2.72. The summed E-state index contributed by atoms with van der Waals surface area (Å²) in [5.41, 5.74) is 0. The van der Waals surface area contributed by atoms with Crippen LogP contribution >= 0.6 is 11.8 Å². The Labute approximate surface area is 98.6 Å². The van der Waals surface area contributed by atoms with Crippen LogP contribution in [0, 0.1) is 0 Å². The van der Waals surface area contributed by atoms with Gasteiger partial charge in [0.05, 0.1) is 6.10 Å². The van der Waals surface area contributed by atoms with Crippen molar-refractivity contribution in [1.82, 2.24) is 10.2 Å². The van der Waals surface area contributed by atoms with Gasteiger partial charge in [0, 0.05) is 31.3 Å². The Kier molecular flexibility index (Phi) is 3.70. The Morgan fingerprint density at radius 3 is 2.88 bits per heavy atom. The lowest BCUT2D eigenvalue weighted by atomic mass is 9.89. The second-order valence-electron chi connectivity index (χ2n) is 4.24. The number of rotatable bonds is 4. The molecule has 2 N–H and O–H groups in total. The maximum absolute atomic E-state index is 11.5. The van der Waals surface area contributed by atoms with E-state index in [1.165, 1.54) is 11.8 Å². The molecule has 1 aliphatic heterocycles. The van der Waals surface area contributed by atoms with E-state index in [9.17, 15) is 9.59 Å². The number of thioether (sulfide) groups is 1. The highest BCUT2D eigenvalue weighted by atomic mass is 32.2. The van der Waals surface area contributed by atoms with E-state index in [4.69, 9.17) is 5.11 Å². The second-order valence-corrected chi connectivity index (χ2v) is 5.29. The summed E-state index contributed by atoms with van der Waals surface area (Å²) in [5, 5.41) is 12.0. The van der Waals surface area contributed by atoms with Crippen LogP contribution in [0.2, 0.25) is 0 Å². The summed E-state index contributed by atoms with van der Waals surface area (Å²) in [4.78, 5) is 24.4. The third-order valence-corrected chi connectivity index (χ3v) is 3.82. The van der Waals surface area contributed by atoms with Crippen molar-refractivity contribution in [2.24, 2.45) is 0 Å². The predicted octanol–water partition coefficient (Wildman–Crippen LogP) is 0.185. The van der Waals surface area contributed by atoms with E-state index in [-0.39, 0.29) is 23.3 Å². The molecule has 2 amide bonds. The van der Waals surface area contributed by atoms with Gasteiger partial charge in [0.1, 0.15) is 0 Å². The lowest BCUT2D eigenvalue weighted by Gasteiger charge is -2.32. The molecule has 0 spiro atoms. The number of aliphatic hydroxyl groups is 1. The van der Waals surface area contributed by atoms with Crippen LogP contribution in [0.15, 0.2) is 0 Å². The highest BCUT2D eigenvalue weighted by Gasteiger charge is 2.28. The van der Waals surface area contributed by atoms with Crippen LogP contribution in [0.1, 0.15) is 19.3 Å². The first kappa shape index (κ1) is 11.7. The fraction of sp³-hybridized carbons (Fsp3) is 0.800. The number of nitrogens with zero attached hydrogens (tertiary/aromatic N) is 1. The molecule has 0 aromatic rings. The average molecular weight is 244 g/mol. The van der Waals surface area contributed by atoms with Crippen molar-refractivity contribution in [1.29, 1.82) is 0 Å². The normalized spacial score (nSPS) is 29.1. The molecule has 16 heavy (non-hydrogen) atoms. The molecule has 1 aliphatic carbocycles. The molecule has 2 aliphatic rings. The van der Waals surface area contributed by atoms with Crippen LogP contribution in [0.25, 0.3) is 0 Å². The van der Waals surface area contributed by atoms with Gasteiger partial charge in [-0.3, -0.25) is 9.59 Å². The quantitative estimate of drug-likeness (QED) is 0.740. The smallest absolute Gasteiger partial charge is 0.281 e. The van der Waals surface area contributed by atoms with Crippen LogP contribution < -0.4 is 5.32 Å². The highest BCUT2D eigenvalue weighted by Crippen LogP contribution is 2.20. The number of carbonyl (C=O) groups excluding carboxylic acids is 2. The molecule has 90 valence electrons. The van der Waals surface area contributed by atoms with E-state index in [0.29, 0.717) is 25.8 Å². The summed E-state index contributed by atoms with van der Waals surface area (Å²) in [6.45, 7) is 1.26. The van der Waals surface area contributed by atoms with Crippen molar-refractivity contribution in [2.75, 3.05) is 18.8 Å². The minimum Gasteiger partial charge on any atom is -0.393 e. The largest absolute Gasteiger partial charge is 0.393 e. The van der Waals surface area contributed by atoms with Gasteiger partial charge in [-0.05, 0) is 12.8 Å². The zero-order chi connectivity index (χ0) is 11.5. The van der Waals surface area contributed by atoms with Crippen molar-refractivity contribution in [2.45, 2.75) is 31.4 Å². The Morgan fingerprint density at radius 1 is 1.56 bits per heavy atom. The van der Waals surface area contributed by atoms with Gasteiger partial charge in [-0.1, -0.05) is 11.8 Å². The maximum atomic E-state index is 11.5. The zero-order valence-corrected chi connectivity index (χ0v) is 9.83. The van der Waals surface area contributed by atoms with Crippen LogP contribution in [-0.2, 0) is 4.79 Å². The van der Waals surface area contributed by atoms with Crippen molar-refractivity contribution in [3.8, 4) is 0 Å². The number of nitrogens with one attached hydrogen (secondary N) is 1. The number of carbonyl (C=O) groups is 2. The lowest BCUT2D eigenvalue weighted by Crippen LogP contribution is -2.47. The monoisotopic (exact) mass is 244 g/mol. The van der Waals surface area contributed by atoms with Crippen molar-refractivity contribution >= 4 is 22.9 Å². The predicted molar refractivity (Wildman–Crippen MR) is 61.2 cm³/mol. The molecule has 1 saturated carbocycles. The van der Waals surface area contributed by atoms with Gasteiger partial charge in [-0.2, -0.15) is 0 Å². The van der Waals surface area contributed by atoms with Crippen molar-refractivity contribution in [3.05, 3.63) is 0 Å². The molecule has 0 aromatic heterocycles. The van der Waals surface area contributed by atoms with Crippen LogP contribution in [-0.4, -0.2) is 52.1 Å². The minimum atomic E-state index is -0.248.